The fourth-order valence-corrected chi connectivity index (χ4v) is 2.26. The Bertz CT molecular complexity index is 419. The van der Waals surface area contributed by atoms with Gasteiger partial charge in [0.1, 0.15) is 5.82 Å². The number of ketones is 1. The molecular weight excluding hydrogens is 241 g/mol. The molecule has 0 saturated heterocycles. The third-order valence-corrected chi connectivity index (χ3v) is 3.61. The van der Waals surface area contributed by atoms with Crippen LogP contribution in [0.5, 0.6) is 0 Å². The molecule has 0 amide bonds. The number of halogens is 1. The maximum Gasteiger partial charge on any atom is 0.169 e. The molecule has 0 heterocycles. The van der Waals surface area contributed by atoms with Gasteiger partial charge in [-0.2, -0.15) is 0 Å². The number of hydrogen-bond donors (Lipinski definition) is 0. The molecule has 0 aromatic heterocycles. The van der Waals surface area contributed by atoms with Gasteiger partial charge in [-0.15, -0.1) is 0 Å². The van der Waals surface area contributed by atoms with Crippen LogP contribution in [0.4, 0.5) is 4.39 Å². The summed E-state index contributed by atoms with van der Waals surface area (Å²) in [5.41, 5.74) is 0.201. The van der Waals surface area contributed by atoms with E-state index in [9.17, 15) is 9.18 Å². The van der Waals surface area contributed by atoms with Crippen LogP contribution in [0.15, 0.2) is 24.3 Å². The van der Waals surface area contributed by atoms with Crippen molar-refractivity contribution in [1.29, 1.82) is 0 Å². The first-order chi connectivity index (χ1) is 8.97. The van der Waals surface area contributed by atoms with Crippen molar-refractivity contribution in [3.05, 3.63) is 35.6 Å². The molecule has 19 heavy (non-hydrogen) atoms. The average Bonchev–Trinajstić information content (AvgIpc) is 2.38. The Morgan fingerprint density at radius 2 is 1.95 bits per heavy atom. The fraction of sp³-hybridized carbons (Fsp3) is 0.562. The quantitative estimate of drug-likeness (QED) is 0.700. The predicted octanol–water partition coefficient (Wildman–Crippen LogP) is 3.76. The molecule has 0 fully saturated rings. The first-order valence-electron chi connectivity index (χ1n) is 6.96. The zero-order valence-electron chi connectivity index (χ0n) is 12.3. The van der Waals surface area contributed by atoms with Gasteiger partial charge in [0, 0.05) is 18.5 Å². The number of nitrogens with zero attached hydrogens (tertiary/aromatic N) is 1. The SMILES string of the molecule is CCCC(C)N(C)CC(C)C(=O)c1ccccc1F. The highest BCUT2D eigenvalue weighted by Gasteiger charge is 2.21. The van der Waals surface area contributed by atoms with E-state index in [1.165, 1.54) is 6.07 Å². The Labute approximate surface area is 115 Å². The van der Waals surface area contributed by atoms with E-state index in [1.54, 1.807) is 18.2 Å². The second-order valence-electron chi connectivity index (χ2n) is 5.32. The highest BCUT2D eigenvalue weighted by molar-refractivity contribution is 5.98. The maximum atomic E-state index is 13.6. The fourth-order valence-electron chi connectivity index (χ4n) is 2.26. The molecule has 2 unspecified atom stereocenters. The van der Waals surface area contributed by atoms with Gasteiger partial charge in [-0.1, -0.05) is 32.4 Å². The monoisotopic (exact) mass is 265 g/mol. The topological polar surface area (TPSA) is 20.3 Å². The van der Waals surface area contributed by atoms with Crippen LogP contribution in [0.3, 0.4) is 0 Å². The van der Waals surface area contributed by atoms with E-state index in [-0.39, 0.29) is 17.3 Å². The van der Waals surface area contributed by atoms with E-state index < -0.39 is 5.82 Å². The van der Waals surface area contributed by atoms with Gasteiger partial charge in [-0.3, -0.25) is 4.79 Å². The molecule has 0 saturated carbocycles. The minimum atomic E-state index is -0.427. The number of carbonyl (C=O) groups is 1. The van der Waals surface area contributed by atoms with Gasteiger partial charge < -0.3 is 4.90 Å². The Balaban J connectivity index is 2.66. The molecule has 1 rings (SSSR count). The zero-order valence-corrected chi connectivity index (χ0v) is 12.3. The van der Waals surface area contributed by atoms with Crippen molar-refractivity contribution in [3.63, 3.8) is 0 Å². The molecule has 0 aliphatic rings. The summed E-state index contributed by atoms with van der Waals surface area (Å²) in [5, 5.41) is 0. The van der Waals surface area contributed by atoms with Crippen molar-refractivity contribution in [2.24, 2.45) is 5.92 Å². The molecule has 0 bridgehead atoms. The lowest BCUT2D eigenvalue weighted by Gasteiger charge is -2.26. The second-order valence-corrected chi connectivity index (χ2v) is 5.32. The van der Waals surface area contributed by atoms with Crippen LogP contribution in [0.1, 0.15) is 44.0 Å². The minimum absolute atomic E-state index is 0.117. The lowest BCUT2D eigenvalue weighted by atomic mass is 9.98. The lowest BCUT2D eigenvalue weighted by Crippen LogP contribution is -2.35. The normalized spacial score (nSPS) is 14.4. The van der Waals surface area contributed by atoms with Crippen LogP contribution in [-0.4, -0.2) is 30.3 Å². The molecule has 1 aromatic carbocycles. The minimum Gasteiger partial charge on any atom is -0.303 e. The number of hydrogen-bond acceptors (Lipinski definition) is 2. The van der Waals surface area contributed by atoms with Crippen LogP contribution < -0.4 is 0 Å². The molecule has 0 spiro atoms. The summed E-state index contributed by atoms with van der Waals surface area (Å²) in [6.45, 7) is 6.83. The summed E-state index contributed by atoms with van der Waals surface area (Å²) >= 11 is 0. The summed E-state index contributed by atoms with van der Waals surface area (Å²) in [6.07, 6.45) is 2.23. The Hall–Kier alpha value is -1.22. The van der Waals surface area contributed by atoms with Crippen molar-refractivity contribution in [1.82, 2.24) is 4.90 Å². The first-order valence-corrected chi connectivity index (χ1v) is 6.96. The van der Waals surface area contributed by atoms with Crippen LogP contribution >= 0.6 is 0 Å². The summed E-state index contributed by atoms with van der Waals surface area (Å²) in [4.78, 5) is 14.4. The van der Waals surface area contributed by atoms with Crippen molar-refractivity contribution in [2.45, 2.75) is 39.7 Å². The maximum absolute atomic E-state index is 13.6. The number of carbonyl (C=O) groups excluding carboxylic acids is 1. The number of benzene rings is 1. The molecular formula is C16H24FNO. The van der Waals surface area contributed by atoms with E-state index in [1.807, 2.05) is 14.0 Å². The summed E-state index contributed by atoms with van der Waals surface area (Å²) in [5.74, 6) is -0.738. The van der Waals surface area contributed by atoms with Gasteiger partial charge in [-0.05, 0) is 32.5 Å². The number of rotatable bonds is 7. The second kappa shape index (κ2) is 7.39. The molecule has 2 atom stereocenters. The summed E-state index contributed by atoms with van der Waals surface area (Å²) in [7, 11) is 2.02. The van der Waals surface area contributed by atoms with Gasteiger partial charge >= 0.3 is 0 Å². The first kappa shape index (κ1) is 15.8. The van der Waals surface area contributed by atoms with Crippen LogP contribution in [0, 0.1) is 11.7 Å². The van der Waals surface area contributed by atoms with Crippen LogP contribution in [0.25, 0.3) is 0 Å². The molecule has 0 aliphatic carbocycles. The summed E-state index contributed by atoms with van der Waals surface area (Å²) < 4.78 is 13.6. The van der Waals surface area contributed by atoms with Crippen molar-refractivity contribution in [3.8, 4) is 0 Å². The highest BCUT2D eigenvalue weighted by atomic mass is 19.1. The molecule has 106 valence electrons. The van der Waals surface area contributed by atoms with Crippen LogP contribution in [-0.2, 0) is 0 Å². The third-order valence-electron chi connectivity index (χ3n) is 3.61. The average molecular weight is 265 g/mol. The van der Waals surface area contributed by atoms with Gasteiger partial charge in [0.2, 0.25) is 0 Å². The molecule has 0 radical (unpaired) electrons. The largest absolute Gasteiger partial charge is 0.303 e. The number of Topliss-reactive ketones (excluding diaryl/α,β-unsaturated/α-hetero) is 1. The molecule has 1 aromatic rings. The van der Waals surface area contributed by atoms with E-state index in [0.29, 0.717) is 12.6 Å². The van der Waals surface area contributed by atoms with Gasteiger partial charge in [0.15, 0.2) is 5.78 Å². The standard InChI is InChI=1S/C16H24FNO/c1-5-8-13(3)18(4)11-12(2)16(19)14-9-6-7-10-15(14)17/h6-7,9-10,12-13H,5,8,11H2,1-4H3. The highest BCUT2D eigenvalue weighted by Crippen LogP contribution is 2.15. The molecule has 0 N–H and O–H groups in total. The summed E-state index contributed by atoms with van der Waals surface area (Å²) in [6, 6.07) is 6.65. The Kier molecular flexibility index (Phi) is 6.16. The lowest BCUT2D eigenvalue weighted by molar-refractivity contribution is 0.0884. The zero-order chi connectivity index (χ0) is 14.4. The predicted molar refractivity (Wildman–Crippen MR) is 76.9 cm³/mol. The van der Waals surface area contributed by atoms with E-state index in [4.69, 9.17) is 0 Å². The molecule has 0 aliphatic heterocycles. The van der Waals surface area contributed by atoms with Crippen molar-refractivity contribution < 1.29 is 9.18 Å². The van der Waals surface area contributed by atoms with E-state index in [0.717, 1.165) is 12.8 Å². The van der Waals surface area contributed by atoms with Gasteiger partial charge in [0.25, 0.3) is 0 Å². The van der Waals surface area contributed by atoms with Crippen molar-refractivity contribution in [2.75, 3.05) is 13.6 Å². The van der Waals surface area contributed by atoms with E-state index >= 15 is 0 Å². The third kappa shape index (κ3) is 4.43. The van der Waals surface area contributed by atoms with Crippen molar-refractivity contribution >= 4 is 5.78 Å². The molecule has 3 heteroatoms. The van der Waals surface area contributed by atoms with E-state index in [2.05, 4.69) is 18.7 Å². The van der Waals surface area contributed by atoms with Crippen LogP contribution in [0.2, 0.25) is 0 Å². The Morgan fingerprint density at radius 1 is 1.32 bits per heavy atom. The van der Waals surface area contributed by atoms with Gasteiger partial charge in [0.05, 0.1) is 5.56 Å². The van der Waals surface area contributed by atoms with Gasteiger partial charge in [-0.25, -0.2) is 4.39 Å². The molecule has 2 nitrogen and oxygen atoms in total. The Morgan fingerprint density at radius 3 is 2.53 bits per heavy atom. The smallest absolute Gasteiger partial charge is 0.169 e.